The average molecular weight is 265 g/mol. The molecule has 2 rings (SSSR count). The van der Waals surface area contributed by atoms with Crippen molar-refractivity contribution in [2.45, 2.75) is 25.3 Å². The zero-order chi connectivity index (χ0) is 13.7. The van der Waals surface area contributed by atoms with Crippen LogP contribution in [0.1, 0.15) is 19.8 Å². The predicted octanol–water partition coefficient (Wildman–Crippen LogP) is 1.50. The maximum absolute atomic E-state index is 13.3. The number of para-hydroxylation sites is 1. The van der Waals surface area contributed by atoms with Crippen LogP contribution >= 0.6 is 0 Å². The largest absolute Gasteiger partial charge is 0.324 e. The second-order valence-electron chi connectivity index (χ2n) is 5.19. The highest BCUT2D eigenvalue weighted by atomic mass is 19.1. The van der Waals surface area contributed by atoms with Crippen LogP contribution < -0.4 is 16.0 Å². The SMILES string of the molecule is CC1(NCCC(=O)Nc2ccccc2F)CCNC1. The van der Waals surface area contributed by atoms with Crippen molar-refractivity contribution in [2.75, 3.05) is 25.0 Å². The molecule has 0 aliphatic carbocycles. The van der Waals surface area contributed by atoms with Gasteiger partial charge in [0.05, 0.1) is 5.69 Å². The van der Waals surface area contributed by atoms with Gasteiger partial charge in [0.25, 0.3) is 0 Å². The molecule has 5 heteroatoms. The number of rotatable bonds is 5. The Morgan fingerprint density at radius 2 is 2.26 bits per heavy atom. The van der Waals surface area contributed by atoms with Crippen LogP contribution in [0.3, 0.4) is 0 Å². The molecule has 4 nitrogen and oxygen atoms in total. The van der Waals surface area contributed by atoms with E-state index in [0.29, 0.717) is 13.0 Å². The van der Waals surface area contributed by atoms with Crippen molar-refractivity contribution in [3.8, 4) is 0 Å². The summed E-state index contributed by atoms with van der Waals surface area (Å²) in [5.41, 5.74) is 0.305. The summed E-state index contributed by atoms with van der Waals surface area (Å²) >= 11 is 0. The maximum Gasteiger partial charge on any atom is 0.225 e. The standard InChI is InChI=1S/C14H20FN3O/c1-14(7-9-16-10-14)17-8-6-13(19)18-12-5-3-2-4-11(12)15/h2-5,16-17H,6-10H2,1H3,(H,18,19). The van der Waals surface area contributed by atoms with Gasteiger partial charge >= 0.3 is 0 Å². The lowest BCUT2D eigenvalue weighted by Crippen LogP contribution is -2.45. The first-order valence-electron chi connectivity index (χ1n) is 6.59. The fourth-order valence-electron chi connectivity index (χ4n) is 2.22. The third-order valence-electron chi connectivity index (χ3n) is 3.42. The number of benzene rings is 1. The van der Waals surface area contributed by atoms with Crippen LogP contribution in [0, 0.1) is 5.82 Å². The number of anilines is 1. The molecule has 1 unspecified atom stereocenters. The predicted molar refractivity (Wildman–Crippen MR) is 73.5 cm³/mol. The molecule has 19 heavy (non-hydrogen) atoms. The first kappa shape index (κ1) is 14.0. The molecule has 0 saturated carbocycles. The summed E-state index contributed by atoms with van der Waals surface area (Å²) in [5, 5.41) is 9.24. The fraction of sp³-hybridized carbons (Fsp3) is 0.500. The zero-order valence-corrected chi connectivity index (χ0v) is 11.1. The molecule has 0 bridgehead atoms. The third-order valence-corrected chi connectivity index (χ3v) is 3.42. The van der Waals surface area contributed by atoms with Gasteiger partial charge in [-0.1, -0.05) is 12.1 Å². The van der Waals surface area contributed by atoms with Crippen LogP contribution in [-0.4, -0.2) is 31.1 Å². The van der Waals surface area contributed by atoms with Crippen LogP contribution in [-0.2, 0) is 4.79 Å². The Morgan fingerprint density at radius 3 is 2.95 bits per heavy atom. The fourth-order valence-corrected chi connectivity index (χ4v) is 2.22. The molecule has 0 radical (unpaired) electrons. The third kappa shape index (κ3) is 4.01. The van der Waals surface area contributed by atoms with E-state index in [1.54, 1.807) is 18.2 Å². The molecule has 3 N–H and O–H groups in total. The lowest BCUT2D eigenvalue weighted by atomic mass is 10.0. The molecule has 1 amide bonds. The van der Waals surface area contributed by atoms with E-state index in [0.717, 1.165) is 19.5 Å². The summed E-state index contributed by atoms with van der Waals surface area (Å²) in [7, 11) is 0. The number of amides is 1. The molecule has 1 saturated heterocycles. The van der Waals surface area contributed by atoms with Gasteiger partial charge < -0.3 is 16.0 Å². The normalized spacial score (nSPS) is 22.4. The minimum Gasteiger partial charge on any atom is -0.324 e. The minimum absolute atomic E-state index is 0.0677. The Bertz CT molecular complexity index is 444. The van der Waals surface area contributed by atoms with Gasteiger partial charge in [-0.15, -0.1) is 0 Å². The Balaban J connectivity index is 1.74. The molecule has 1 aliphatic heterocycles. The number of halogens is 1. The summed E-state index contributed by atoms with van der Waals surface area (Å²) in [6.45, 7) is 4.66. The smallest absolute Gasteiger partial charge is 0.225 e. The van der Waals surface area contributed by atoms with Crippen LogP contribution in [0.5, 0.6) is 0 Å². The minimum atomic E-state index is -0.407. The zero-order valence-electron chi connectivity index (χ0n) is 11.1. The molecule has 1 aromatic rings. The van der Waals surface area contributed by atoms with Gasteiger partial charge in [0.1, 0.15) is 5.82 Å². The average Bonchev–Trinajstić information content (AvgIpc) is 2.79. The molecule has 1 atom stereocenters. The molecule has 1 heterocycles. The van der Waals surface area contributed by atoms with Crippen molar-refractivity contribution < 1.29 is 9.18 Å². The lowest BCUT2D eigenvalue weighted by molar-refractivity contribution is -0.116. The van der Waals surface area contributed by atoms with E-state index in [9.17, 15) is 9.18 Å². The number of nitrogens with one attached hydrogen (secondary N) is 3. The quantitative estimate of drug-likeness (QED) is 0.756. The van der Waals surface area contributed by atoms with Gasteiger partial charge in [0.2, 0.25) is 5.91 Å². The molecule has 1 aliphatic rings. The van der Waals surface area contributed by atoms with E-state index in [-0.39, 0.29) is 17.1 Å². The second-order valence-corrected chi connectivity index (χ2v) is 5.19. The highest BCUT2D eigenvalue weighted by Crippen LogP contribution is 2.14. The van der Waals surface area contributed by atoms with Crippen LogP contribution in [0.4, 0.5) is 10.1 Å². The highest BCUT2D eigenvalue weighted by molar-refractivity contribution is 5.90. The molecule has 1 aromatic carbocycles. The molecular formula is C14H20FN3O. The van der Waals surface area contributed by atoms with Gasteiger partial charge in [-0.2, -0.15) is 0 Å². The van der Waals surface area contributed by atoms with Crippen molar-refractivity contribution in [1.82, 2.24) is 10.6 Å². The van der Waals surface area contributed by atoms with E-state index >= 15 is 0 Å². The monoisotopic (exact) mass is 265 g/mol. The first-order chi connectivity index (χ1) is 9.09. The highest BCUT2D eigenvalue weighted by Gasteiger charge is 2.27. The van der Waals surface area contributed by atoms with E-state index < -0.39 is 5.82 Å². The van der Waals surface area contributed by atoms with Crippen molar-refractivity contribution in [3.63, 3.8) is 0 Å². The Hall–Kier alpha value is -1.46. The topological polar surface area (TPSA) is 53.2 Å². The van der Waals surface area contributed by atoms with Crippen LogP contribution in [0.15, 0.2) is 24.3 Å². The number of carbonyl (C=O) groups excluding carboxylic acids is 1. The first-order valence-corrected chi connectivity index (χ1v) is 6.59. The van der Waals surface area contributed by atoms with Crippen molar-refractivity contribution in [2.24, 2.45) is 0 Å². The second kappa shape index (κ2) is 6.12. The van der Waals surface area contributed by atoms with Gasteiger partial charge in [0, 0.05) is 25.0 Å². The van der Waals surface area contributed by atoms with E-state index in [2.05, 4.69) is 22.9 Å². The van der Waals surface area contributed by atoms with Gasteiger partial charge in [-0.25, -0.2) is 4.39 Å². The van der Waals surface area contributed by atoms with Gasteiger partial charge in [0.15, 0.2) is 0 Å². The summed E-state index contributed by atoms with van der Waals surface area (Å²) in [5.74, 6) is -0.581. The van der Waals surface area contributed by atoms with Crippen molar-refractivity contribution in [1.29, 1.82) is 0 Å². The van der Waals surface area contributed by atoms with E-state index in [4.69, 9.17) is 0 Å². The maximum atomic E-state index is 13.3. The Morgan fingerprint density at radius 1 is 1.47 bits per heavy atom. The summed E-state index contributed by atoms with van der Waals surface area (Å²) < 4.78 is 13.3. The Kier molecular flexibility index (Phi) is 4.50. The summed E-state index contributed by atoms with van der Waals surface area (Å²) in [6, 6.07) is 6.19. The summed E-state index contributed by atoms with van der Waals surface area (Å²) in [4.78, 5) is 11.7. The van der Waals surface area contributed by atoms with Crippen LogP contribution in [0.25, 0.3) is 0 Å². The van der Waals surface area contributed by atoms with Crippen molar-refractivity contribution >= 4 is 11.6 Å². The number of carbonyl (C=O) groups is 1. The van der Waals surface area contributed by atoms with Crippen molar-refractivity contribution in [3.05, 3.63) is 30.1 Å². The van der Waals surface area contributed by atoms with E-state index in [1.165, 1.54) is 6.07 Å². The Labute approximate surface area is 112 Å². The molecule has 0 spiro atoms. The molecular weight excluding hydrogens is 245 g/mol. The van der Waals surface area contributed by atoms with Crippen LogP contribution in [0.2, 0.25) is 0 Å². The molecule has 0 aromatic heterocycles. The number of hydrogen-bond donors (Lipinski definition) is 3. The van der Waals surface area contributed by atoms with Gasteiger partial charge in [-0.05, 0) is 32.0 Å². The van der Waals surface area contributed by atoms with E-state index in [1.807, 2.05) is 0 Å². The number of hydrogen-bond acceptors (Lipinski definition) is 3. The van der Waals surface area contributed by atoms with Gasteiger partial charge in [-0.3, -0.25) is 4.79 Å². The molecule has 1 fully saturated rings. The lowest BCUT2D eigenvalue weighted by Gasteiger charge is -2.24. The summed E-state index contributed by atoms with van der Waals surface area (Å²) in [6.07, 6.45) is 1.39. The molecule has 104 valence electrons.